The van der Waals surface area contributed by atoms with E-state index in [0.29, 0.717) is 0 Å². The summed E-state index contributed by atoms with van der Waals surface area (Å²) in [7, 11) is 0. The lowest BCUT2D eigenvalue weighted by Gasteiger charge is -2.18. The summed E-state index contributed by atoms with van der Waals surface area (Å²) in [6, 6.07) is 57.4. The van der Waals surface area contributed by atoms with E-state index >= 15 is 0 Å². The fraction of sp³-hybridized carbons (Fsp3) is 0.0851. The number of thiophene rings is 1. The molecular formula is C47H35N3S. The average molecular weight is 674 g/mol. The molecule has 0 saturated carbocycles. The summed E-state index contributed by atoms with van der Waals surface area (Å²) in [4.78, 5) is 5.26. The smallest absolute Gasteiger partial charge is 0.145 e. The predicted octanol–water partition coefficient (Wildman–Crippen LogP) is 13.1. The Balaban J connectivity index is 1.11. The minimum atomic E-state index is 0.0432. The van der Waals surface area contributed by atoms with E-state index in [0.717, 1.165) is 33.8 Å². The standard InChI is InChI=1S/C47H35N3S/c1-47(2,3)32-23-27-43-40(29-32)48-46(50(43)33-12-5-4-6-13-33)30-20-24-34(25-21-30)49-41-18-9-7-14-36(41)39-28-31(22-26-42(39)49)35-16-11-17-38-37-15-8-10-19-44(37)51-45(35)38/h4-29H,1-3H3. The van der Waals surface area contributed by atoms with E-state index in [2.05, 4.69) is 188 Å². The Labute approximate surface area is 300 Å². The number of nitrogens with zero attached hydrogens (tertiary/aromatic N) is 3. The van der Waals surface area contributed by atoms with Gasteiger partial charge in [0.25, 0.3) is 0 Å². The Morgan fingerprint density at radius 2 is 1.16 bits per heavy atom. The van der Waals surface area contributed by atoms with Gasteiger partial charge >= 0.3 is 0 Å². The van der Waals surface area contributed by atoms with E-state index in [4.69, 9.17) is 4.98 Å². The first-order valence-corrected chi connectivity index (χ1v) is 18.4. The SMILES string of the molecule is CC(C)(C)c1ccc2c(c1)nc(-c1ccc(-n3c4ccccc4c4cc(-c5cccc6c5sc5ccccc56)ccc43)cc1)n2-c1ccccc1. The summed E-state index contributed by atoms with van der Waals surface area (Å²) in [5, 5.41) is 5.16. The maximum Gasteiger partial charge on any atom is 0.145 e. The highest BCUT2D eigenvalue weighted by Crippen LogP contribution is 2.42. The van der Waals surface area contributed by atoms with Crippen molar-refractivity contribution in [3.8, 4) is 33.9 Å². The molecule has 7 aromatic carbocycles. The monoisotopic (exact) mass is 673 g/mol. The van der Waals surface area contributed by atoms with E-state index in [1.54, 1.807) is 0 Å². The summed E-state index contributed by atoms with van der Waals surface area (Å²) in [6.45, 7) is 6.76. The molecule has 0 bridgehead atoms. The van der Waals surface area contributed by atoms with Crippen LogP contribution in [0.2, 0.25) is 0 Å². The van der Waals surface area contributed by atoms with Crippen LogP contribution in [0.1, 0.15) is 26.3 Å². The molecule has 3 heterocycles. The second kappa shape index (κ2) is 11.3. The molecule has 0 aliphatic heterocycles. The van der Waals surface area contributed by atoms with Crippen LogP contribution in [0.5, 0.6) is 0 Å². The van der Waals surface area contributed by atoms with Gasteiger partial charge in [-0.15, -0.1) is 11.3 Å². The Kier molecular flexibility index (Phi) is 6.61. The van der Waals surface area contributed by atoms with Crippen LogP contribution in [0.15, 0.2) is 158 Å². The quantitative estimate of drug-likeness (QED) is 0.182. The van der Waals surface area contributed by atoms with Crippen LogP contribution in [0.25, 0.3) is 86.9 Å². The number of imidazole rings is 1. The zero-order chi connectivity index (χ0) is 34.3. The van der Waals surface area contributed by atoms with Gasteiger partial charge in [0.05, 0.1) is 22.1 Å². The lowest BCUT2D eigenvalue weighted by atomic mass is 9.87. The predicted molar refractivity (Wildman–Crippen MR) is 218 cm³/mol. The van der Waals surface area contributed by atoms with Crippen LogP contribution in [0.3, 0.4) is 0 Å². The van der Waals surface area contributed by atoms with Crippen molar-refractivity contribution in [1.82, 2.24) is 14.1 Å². The molecule has 0 aliphatic rings. The second-order valence-corrected chi connectivity index (χ2v) is 15.5. The number of para-hydroxylation sites is 2. The van der Waals surface area contributed by atoms with Crippen LogP contribution in [0.4, 0.5) is 0 Å². The van der Waals surface area contributed by atoms with E-state index in [1.807, 2.05) is 11.3 Å². The van der Waals surface area contributed by atoms with Gasteiger partial charge in [-0.25, -0.2) is 4.98 Å². The van der Waals surface area contributed by atoms with Crippen molar-refractivity contribution in [1.29, 1.82) is 0 Å². The van der Waals surface area contributed by atoms with Crippen molar-refractivity contribution in [2.45, 2.75) is 26.2 Å². The van der Waals surface area contributed by atoms with Gasteiger partial charge in [-0.05, 0) is 94.9 Å². The average Bonchev–Trinajstić information content (AvgIpc) is 3.84. The number of benzene rings is 7. The van der Waals surface area contributed by atoms with Gasteiger partial charge in [0.1, 0.15) is 5.82 Å². The summed E-state index contributed by atoms with van der Waals surface area (Å²) < 4.78 is 7.35. The fourth-order valence-corrected chi connectivity index (χ4v) is 8.97. The van der Waals surface area contributed by atoms with Crippen molar-refractivity contribution in [3.63, 3.8) is 0 Å². The van der Waals surface area contributed by atoms with Crippen LogP contribution in [-0.2, 0) is 5.41 Å². The van der Waals surface area contributed by atoms with Crippen molar-refractivity contribution >= 4 is 64.3 Å². The first kappa shape index (κ1) is 29.9. The van der Waals surface area contributed by atoms with Gasteiger partial charge in [-0.2, -0.15) is 0 Å². The lowest BCUT2D eigenvalue weighted by Crippen LogP contribution is -2.10. The minimum absolute atomic E-state index is 0.0432. The normalized spacial score (nSPS) is 12.2. The Morgan fingerprint density at radius 1 is 0.490 bits per heavy atom. The molecule has 0 N–H and O–H groups in total. The second-order valence-electron chi connectivity index (χ2n) is 14.5. The summed E-state index contributed by atoms with van der Waals surface area (Å²) in [5.74, 6) is 0.941. The molecule has 4 heteroatoms. The van der Waals surface area contributed by atoms with Gasteiger partial charge in [0, 0.05) is 47.9 Å². The Morgan fingerprint density at radius 3 is 1.98 bits per heavy atom. The van der Waals surface area contributed by atoms with Gasteiger partial charge in [-0.1, -0.05) is 106 Å². The first-order chi connectivity index (χ1) is 24.9. The van der Waals surface area contributed by atoms with Crippen LogP contribution in [-0.4, -0.2) is 14.1 Å². The Bertz CT molecular complexity index is 2930. The minimum Gasteiger partial charge on any atom is -0.309 e. The highest BCUT2D eigenvalue weighted by atomic mass is 32.1. The third-order valence-electron chi connectivity index (χ3n) is 10.3. The van der Waals surface area contributed by atoms with E-state index in [-0.39, 0.29) is 5.41 Å². The molecule has 0 radical (unpaired) electrons. The molecule has 0 fully saturated rings. The summed E-state index contributed by atoms with van der Waals surface area (Å²) >= 11 is 1.88. The molecule has 0 amide bonds. The van der Waals surface area contributed by atoms with Crippen molar-refractivity contribution < 1.29 is 0 Å². The van der Waals surface area contributed by atoms with Crippen LogP contribution in [0, 0.1) is 0 Å². The first-order valence-electron chi connectivity index (χ1n) is 17.6. The van der Waals surface area contributed by atoms with Crippen LogP contribution < -0.4 is 0 Å². The highest BCUT2D eigenvalue weighted by molar-refractivity contribution is 7.26. The van der Waals surface area contributed by atoms with Gasteiger partial charge in [0.2, 0.25) is 0 Å². The topological polar surface area (TPSA) is 22.8 Å². The number of rotatable bonds is 4. The maximum atomic E-state index is 5.26. The van der Waals surface area contributed by atoms with Gasteiger partial charge in [0.15, 0.2) is 0 Å². The molecular weight excluding hydrogens is 639 g/mol. The molecule has 0 atom stereocenters. The zero-order valence-electron chi connectivity index (χ0n) is 28.8. The van der Waals surface area contributed by atoms with Crippen LogP contribution >= 0.6 is 11.3 Å². The maximum absolute atomic E-state index is 5.26. The van der Waals surface area contributed by atoms with Crippen molar-refractivity contribution in [2.24, 2.45) is 0 Å². The molecule has 10 aromatic rings. The van der Waals surface area contributed by atoms with Gasteiger partial charge < -0.3 is 4.57 Å². The molecule has 3 aromatic heterocycles. The van der Waals surface area contributed by atoms with Crippen molar-refractivity contribution in [2.75, 3.05) is 0 Å². The lowest BCUT2D eigenvalue weighted by molar-refractivity contribution is 0.591. The third-order valence-corrected chi connectivity index (χ3v) is 11.5. The molecule has 3 nitrogen and oxygen atoms in total. The molecule has 10 rings (SSSR count). The van der Waals surface area contributed by atoms with Gasteiger partial charge in [-0.3, -0.25) is 4.57 Å². The highest BCUT2D eigenvalue weighted by Gasteiger charge is 2.20. The largest absolute Gasteiger partial charge is 0.309 e. The Hall–Kier alpha value is -5.97. The van der Waals surface area contributed by atoms with E-state index in [1.165, 1.54) is 58.7 Å². The molecule has 51 heavy (non-hydrogen) atoms. The fourth-order valence-electron chi connectivity index (χ4n) is 7.73. The summed E-state index contributed by atoms with van der Waals surface area (Å²) in [6.07, 6.45) is 0. The molecule has 0 unspecified atom stereocenters. The van der Waals surface area contributed by atoms with E-state index in [9.17, 15) is 0 Å². The van der Waals surface area contributed by atoms with Crippen molar-refractivity contribution in [3.05, 3.63) is 163 Å². The van der Waals surface area contributed by atoms with E-state index < -0.39 is 0 Å². The zero-order valence-corrected chi connectivity index (χ0v) is 29.6. The number of hydrogen-bond donors (Lipinski definition) is 0. The third kappa shape index (κ3) is 4.75. The number of hydrogen-bond acceptors (Lipinski definition) is 2. The molecule has 0 aliphatic carbocycles. The number of aromatic nitrogens is 3. The molecule has 244 valence electrons. The summed E-state index contributed by atoms with van der Waals surface area (Å²) in [5.41, 5.74) is 11.7. The molecule has 0 spiro atoms. The number of fused-ring (bicyclic) bond motifs is 7. The molecule has 0 saturated heterocycles.